The van der Waals surface area contributed by atoms with Gasteiger partial charge in [-0.15, -0.1) is 11.3 Å². The van der Waals surface area contributed by atoms with E-state index in [1.807, 2.05) is 53.6 Å². The van der Waals surface area contributed by atoms with Crippen LogP contribution in [-0.2, 0) is 16.0 Å². The molecule has 1 aromatic heterocycles. The van der Waals surface area contributed by atoms with Crippen LogP contribution < -0.4 is 10.2 Å². The van der Waals surface area contributed by atoms with Crippen LogP contribution in [0.25, 0.3) is 6.08 Å². The molecular formula is C20H20N2O2S. The number of hydrogen-bond acceptors (Lipinski definition) is 3. The molecule has 0 saturated heterocycles. The van der Waals surface area contributed by atoms with E-state index < -0.39 is 0 Å². The molecule has 1 N–H and O–H groups in total. The van der Waals surface area contributed by atoms with E-state index in [0.717, 1.165) is 47.6 Å². The lowest BCUT2D eigenvalue weighted by Gasteiger charge is -2.17. The molecule has 0 atom stereocenters. The summed E-state index contributed by atoms with van der Waals surface area (Å²) < 4.78 is 0. The van der Waals surface area contributed by atoms with E-state index in [0.29, 0.717) is 5.57 Å². The molecule has 4 nitrogen and oxygen atoms in total. The van der Waals surface area contributed by atoms with Crippen LogP contribution >= 0.6 is 11.3 Å². The van der Waals surface area contributed by atoms with E-state index in [1.54, 1.807) is 11.3 Å². The molecular weight excluding hydrogens is 332 g/mol. The van der Waals surface area contributed by atoms with Crippen molar-refractivity contribution in [1.82, 2.24) is 0 Å². The van der Waals surface area contributed by atoms with E-state index in [9.17, 15) is 9.59 Å². The molecule has 0 spiro atoms. The van der Waals surface area contributed by atoms with E-state index in [2.05, 4.69) is 5.32 Å². The maximum atomic E-state index is 12.4. The Morgan fingerprint density at radius 3 is 2.84 bits per heavy atom. The zero-order valence-corrected chi connectivity index (χ0v) is 14.9. The Morgan fingerprint density at radius 2 is 2.12 bits per heavy atom. The SMILES string of the molecule is C/C(=C\c1cccs1)C(=O)Nc1ccc2c(c1)CCN2C(=O)C1CC1. The summed E-state index contributed by atoms with van der Waals surface area (Å²) in [6.07, 6.45) is 4.79. The third-order valence-corrected chi connectivity index (χ3v) is 5.50. The van der Waals surface area contributed by atoms with Crippen molar-refractivity contribution in [2.24, 2.45) is 5.92 Å². The predicted molar refractivity (Wildman–Crippen MR) is 102 cm³/mol. The lowest BCUT2D eigenvalue weighted by atomic mass is 10.1. The van der Waals surface area contributed by atoms with Gasteiger partial charge < -0.3 is 10.2 Å². The van der Waals surface area contributed by atoms with Crippen LogP contribution in [0.2, 0.25) is 0 Å². The lowest BCUT2D eigenvalue weighted by molar-refractivity contribution is -0.119. The molecule has 2 heterocycles. The van der Waals surface area contributed by atoms with Crippen molar-refractivity contribution in [2.45, 2.75) is 26.2 Å². The van der Waals surface area contributed by atoms with Gasteiger partial charge in [0.1, 0.15) is 0 Å². The van der Waals surface area contributed by atoms with Crippen molar-refractivity contribution in [1.29, 1.82) is 0 Å². The highest BCUT2D eigenvalue weighted by atomic mass is 32.1. The molecule has 1 fully saturated rings. The first kappa shape index (κ1) is 16.1. The molecule has 5 heteroatoms. The average molecular weight is 352 g/mol. The van der Waals surface area contributed by atoms with Crippen molar-refractivity contribution in [2.75, 3.05) is 16.8 Å². The van der Waals surface area contributed by atoms with E-state index in [1.165, 1.54) is 0 Å². The van der Waals surface area contributed by atoms with Gasteiger partial charge in [0.25, 0.3) is 5.91 Å². The van der Waals surface area contributed by atoms with Gasteiger partial charge in [-0.1, -0.05) is 6.07 Å². The van der Waals surface area contributed by atoms with Crippen molar-refractivity contribution in [3.05, 3.63) is 51.7 Å². The van der Waals surface area contributed by atoms with Crippen molar-refractivity contribution in [3.63, 3.8) is 0 Å². The van der Waals surface area contributed by atoms with Crippen LogP contribution in [-0.4, -0.2) is 18.4 Å². The summed E-state index contributed by atoms with van der Waals surface area (Å²) in [5.74, 6) is 0.387. The fraction of sp³-hybridized carbons (Fsp3) is 0.300. The first-order valence-electron chi connectivity index (χ1n) is 8.59. The minimum absolute atomic E-state index is 0.0998. The summed E-state index contributed by atoms with van der Waals surface area (Å²) >= 11 is 1.61. The predicted octanol–water partition coefficient (Wildman–Crippen LogP) is 4.09. The minimum atomic E-state index is -0.0998. The third-order valence-electron chi connectivity index (χ3n) is 4.69. The molecule has 128 valence electrons. The van der Waals surface area contributed by atoms with E-state index in [4.69, 9.17) is 0 Å². The van der Waals surface area contributed by atoms with Crippen LogP contribution in [0.5, 0.6) is 0 Å². The van der Waals surface area contributed by atoms with Crippen LogP contribution in [0.1, 0.15) is 30.2 Å². The number of benzene rings is 1. The number of nitrogens with one attached hydrogen (secondary N) is 1. The molecule has 2 amide bonds. The van der Waals surface area contributed by atoms with Gasteiger partial charge in [-0.05, 0) is 67.5 Å². The third kappa shape index (κ3) is 3.37. The second kappa shape index (κ2) is 6.48. The van der Waals surface area contributed by atoms with Crippen molar-refractivity contribution >= 4 is 40.6 Å². The average Bonchev–Trinajstić information content (AvgIpc) is 3.17. The number of carbonyl (C=O) groups excluding carboxylic acids is 2. The molecule has 2 aliphatic rings. The number of nitrogens with zero attached hydrogens (tertiary/aromatic N) is 1. The number of anilines is 2. The fourth-order valence-corrected chi connectivity index (χ4v) is 3.86. The minimum Gasteiger partial charge on any atom is -0.322 e. The number of fused-ring (bicyclic) bond motifs is 1. The standard InChI is InChI=1S/C20H20N2O2S/c1-13(11-17-3-2-10-25-17)19(23)21-16-6-7-18-15(12-16)8-9-22(18)20(24)14-4-5-14/h2-3,6-7,10-12,14H,4-5,8-9H2,1H3,(H,21,23)/b13-11+. The highest BCUT2D eigenvalue weighted by molar-refractivity contribution is 7.10. The van der Waals surface area contributed by atoms with Gasteiger partial charge in [0, 0.05) is 34.3 Å². The normalized spacial score (nSPS) is 16.7. The Labute approximate surface area is 151 Å². The van der Waals surface area contributed by atoms with Gasteiger partial charge in [0.15, 0.2) is 0 Å². The molecule has 0 radical (unpaired) electrons. The maximum absolute atomic E-state index is 12.4. The van der Waals surface area contributed by atoms with Crippen molar-refractivity contribution < 1.29 is 9.59 Å². The van der Waals surface area contributed by atoms with Gasteiger partial charge in [-0.3, -0.25) is 9.59 Å². The molecule has 0 bridgehead atoms. The topological polar surface area (TPSA) is 49.4 Å². The molecule has 25 heavy (non-hydrogen) atoms. The number of amides is 2. The summed E-state index contributed by atoms with van der Waals surface area (Å²) in [6.45, 7) is 2.57. The molecule has 1 aliphatic heterocycles. The smallest absolute Gasteiger partial charge is 0.251 e. The molecule has 1 saturated carbocycles. The molecule has 4 rings (SSSR count). The molecule has 2 aromatic rings. The van der Waals surface area contributed by atoms with E-state index in [-0.39, 0.29) is 17.7 Å². The van der Waals surface area contributed by atoms with Gasteiger partial charge in [-0.25, -0.2) is 0 Å². The van der Waals surface area contributed by atoms with Crippen LogP contribution in [0.4, 0.5) is 11.4 Å². The van der Waals surface area contributed by atoms with E-state index >= 15 is 0 Å². The van der Waals surface area contributed by atoms with Gasteiger partial charge >= 0.3 is 0 Å². The van der Waals surface area contributed by atoms with Gasteiger partial charge in [0.05, 0.1) is 0 Å². The highest BCUT2D eigenvalue weighted by Crippen LogP contribution is 2.37. The molecule has 1 aliphatic carbocycles. The molecule has 1 aromatic carbocycles. The monoisotopic (exact) mass is 352 g/mol. The summed E-state index contributed by atoms with van der Waals surface area (Å²) in [4.78, 5) is 27.7. The Kier molecular flexibility index (Phi) is 4.17. The van der Waals surface area contributed by atoms with Crippen LogP contribution in [0, 0.1) is 5.92 Å². The zero-order chi connectivity index (χ0) is 17.4. The van der Waals surface area contributed by atoms with Gasteiger partial charge in [-0.2, -0.15) is 0 Å². The van der Waals surface area contributed by atoms with Crippen molar-refractivity contribution in [3.8, 4) is 0 Å². The quantitative estimate of drug-likeness (QED) is 0.843. The molecule has 0 unspecified atom stereocenters. The largest absolute Gasteiger partial charge is 0.322 e. The summed E-state index contributed by atoms with van der Waals surface area (Å²) in [5, 5.41) is 4.95. The Balaban J connectivity index is 1.47. The summed E-state index contributed by atoms with van der Waals surface area (Å²) in [7, 11) is 0. The number of thiophene rings is 1. The summed E-state index contributed by atoms with van der Waals surface area (Å²) in [6, 6.07) is 9.79. The summed E-state index contributed by atoms with van der Waals surface area (Å²) in [5.41, 5.74) is 3.59. The first-order valence-corrected chi connectivity index (χ1v) is 9.47. The maximum Gasteiger partial charge on any atom is 0.251 e. The number of rotatable bonds is 4. The number of hydrogen-bond donors (Lipinski definition) is 1. The first-order chi connectivity index (χ1) is 12.1. The Bertz CT molecular complexity index is 851. The van der Waals surface area contributed by atoms with Crippen LogP contribution in [0.3, 0.4) is 0 Å². The van der Waals surface area contributed by atoms with Gasteiger partial charge in [0.2, 0.25) is 5.91 Å². The highest BCUT2D eigenvalue weighted by Gasteiger charge is 2.36. The second-order valence-corrected chi connectivity index (χ2v) is 7.63. The van der Waals surface area contributed by atoms with Crippen LogP contribution in [0.15, 0.2) is 41.3 Å². The lowest BCUT2D eigenvalue weighted by Crippen LogP contribution is -2.30. The Hall–Kier alpha value is -2.40. The number of carbonyl (C=O) groups is 2. The fourth-order valence-electron chi connectivity index (χ4n) is 3.14. The Morgan fingerprint density at radius 1 is 1.28 bits per heavy atom. The zero-order valence-electron chi connectivity index (χ0n) is 14.1. The second-order valence-electron chi connectivity index (χ2n) is 6.65.